The van der Waals surface area contributed by atoms with Gasteiger partial charge in [-0.25, -0.2) is 12.8 Å². The van der Waals surface area contributed by atoms with E-state index >= 15 is 0 Å². The maximum Gasteiger partial charge on any atom is 0.254 e. The van der Waals surface area contributed by atoms with E-state index < -0.39 is 15.8 Å². The fourth-order valence-electron chi connectivity index (χ4n) is 2.93. The van der Waals surface area contributed by atoms with Crippen molar-refractivity contribution in [3.8, 4) is 0 Å². The zero-order valence-electron chi connectivity index (χ0n) is 14.9. The van der Waals surface area contributed by atoms with Crippen molar-refractivity contribution in [3.63, 3.8) is 0 Å². The van der Waals surface area contributed by atoms with E-state index in [1.165, 1.54) is 30.3 Å². The molecular weight excluding hydrogens is 371 g/mol. The van der Waals surface area contributed by atoms with Crippen molar-refractivity contribution in [1.29, 1.82) is 0 Å². The predicted octanol–water partition coefficient (Wildman–Crippen LogP) is 2.63. The third kappa shape index (κ3) is 5.05. The fourth-order valence-corrected chi connectivity index (χ4v) is 4.12. The number of amides is 1. The highest BCUT2D eigenvalue weighted by molar-refractivity contribution is 7.91. The van der Waals surface area contributed by atoms with Crippen LogP contribution in [0.25, 0.3) is 0 Å². The molecule has 1 aliphatic heterocycles. The number of nitrogens with one attached hydrogen (secondary N) is 1. The Labute approximate surface area is 158 Å². The second kappa shape index (κ2) is 8.06. The highest BCUT2D eigenvalue weighted by Crippen LogP contribution is 2.18. The fraction of sp³-hybridized carbons (Fsp3) is 0.316. The van der Waals surface area contributed by atoms with Crippen LogP contribution in [0.3, 0.4) is 0 Å². The third-order valence-electron chi connectivity index (χ3n) is 4.28. The molecule has 144 valence electrons. The van der Waals surface area contributed by atoms with Crippen molar-refractivity contribution in [3.05, 3.63) is 65.5 Å². The van der Waals surface area contributed by atoms with Crippen molar-refractivity contribution in [1.82, 2.24) is 4.90 Å². The lowest BCUT2D eigenvalue weighted by atomic mass is 10.1. The highest BCUT2D eigenvalue weighted by atomic mass is 32.2. The molecular formula is C19H21FN2O4S. The van der Waals surface area contributed by atoms with Gasteiger partial charge in [0.15, 0.2) is 0 Å². The van der Waals surface area contributed by atoms with Crippen molar-refractivity contribution >= 4 is 21.6 Å². The topological polar surface area (TPSA) is 75.7 Å². The molecule has 1 saturated heterocycles. The maximum atomic E-state index is 13.0. The number of anilines is 1. The van der Waals surface area contributed by atoms with Crippen molar-refractivity contribution in [2.24, 2.45) is 0 Å². The summed E-state index contributed by atoms with van der Waals surface area (Å²) in [5.74, 6) is -0.871. The van der Waals surface area contributed by atoms with Gasteiger partial charge < -0.3 is 9.64 Å². The summed E-state index contributed by atoms with van der Waals surface area (Å²) < 4.78 is 45.5. The maximum absolute atomic E-state index is 13.0. The SMILES string of the molecule is C[C@H]1COCCN1C(=O)c1cccc(NS(=O)(=O)Cc2ccc(F)cc2)c1. The first-order chi connectivity index (χ1) is 12.8. The lowest BCUT2D eigenvalue weighted by Crippen LogP contribution is -2.47. The van der Waals surface area contributed by atoms with Gasteiger partial charge in [-0.05, 0) is 42.8 Å². The van der Waals surface area contributed by atoms with E-state index in [2.05, 4.69) is 4.72 Å². The number of halogens is 1. The zero-order chi connectivity index (χ0) is 19.4. The molecule has 0 aromatic heterocycles. The average molecular weight is 392 g/mol. The van der Waals surface area contributed by atoms with Gasteiger partial charge in [0, 0.05) is 17.8 Å². The summed E-state index contributed by atoms with van der Waals surface area (Å²) in [6, 6.07) is 11.6. The number of carbonyl (C=O) groups is 1. The first kappa shape index (κ1) is 19.3. The lowest BCUT2D eigenvalue weighted by Gasteiger charge is -2.33. The summed E-state index contributed by atoms with van der Waals surface area (Å²) in [6.07, 6.45) is 0. The van der Waals surface area contributed by atoms with E-state index in [0.717, 1.165) is 0 Å². The molecule has 3 rings (SSSR count). The molecule has 1 atom stereocenters. The molecule has 2 aromatic rings. The van der Waals surface area contributed by atoms with Crippen LogP contribution < -0.4 is 4.72 Å². The van der Waals surface area contributed by atoms with E-state index in [0.29, 0.717) is 36.6 Å². The Morgan fingerprint density at radius 2 is 2.00 bits per heavy atom. The summed E-state index contributed by atoms with van der Waals surface area (Å²) in [4.78, 5) is 14.4. The molecule has 1 aliphatic rings. The molecule has 0 bridgehead atoms. The van der Waals surface area contributed by atoms with Gasteiger partial charge in [0.2, 0.25) is 10.0 Å². The van der Waals surface area contributed by atoms with E-state index in [1.807, 2.05) is 6.92 Å². The second-order valence-electron chi connectivity index (χ2n) is 6.49. The number of morpholine rings is 1. The number of sulfonamides is 1. The Hall–Kier alpha value is -2.45. The predicted molar refractivity (Wildman–Crippen MR) is 100 cm³/mol. The molecule has 0 spiro atoms. The van der Waals surface area contributed by atoms with Crippen LogP contribution >= 0.6 is 0 Å². The molecule has 2 aromatic carbocycles. The lowest BCUT2D eigenvalue weighted by molar-refractivity contribution is 0.00360. The first-order valence-electron chi connectivity index (χ1n) is 8.58. The molecule has 6 nitrogen and oxygen atoms in total. The third-order valence-corrected chi connectivity index (χ3v) is 5.54. The van der Waals surface area contributed by atoms with Crippen LogP contribution in [-0.2, 0) is 20.5 Å². The minimum Gasteiger partial charge on any atom is -0.377 e. The summed E-state index contributed by atoms with van der Waals surface area (Å²) >= 11 is 0. The zero-order valence-corrected chi connectivity index (χ0v) is 15.7. The van der Waals surface area contributed by atoms with Crippen LogP contribution in [0.2, 0.25) is 0 Å². The Kier molecular flexibility index (Phi) is 5.76. The van der Waals surface area contributed by atoms with E-state index in [4.69, 9.17) is 4.74 Å². The number of hydrogen-bond acceptors (Lipinski definition) is 4. The van der Waals surface area contributed by atoms with Crippen LogP contribution in [0.4, 0.5) is 10.1 Å². The average Bonchev–Trinajstić information content (AvgIpc) is 2.63. The molecule has 1 heterocycles. The molecule has 0 unspecified atom stereocenters. The number of nitrogens with zero attached hydrogens (tertiary/aromatic N) is 1. The molecule has 27 heavy (non-hydrogen) atoms. The highest BCUT2D eigenvalue weighted by Gasteiger charge is 2.25. The Morgan fingerprint density at radius 3 is 2.70 bits per heavy atom. The smallest absolute Gasteiger partial charge is 0.254 e. The Balaban J connectivity index is 1.73. The number of hydrogen-bond donors (Lipinski definition) is 1. The Bertz CT molecular complexity index is 916. The summed E-state index contributed by atoms with van der Waals surface area (Å²) in [5, 5.41) is 0. The largest absolute Gasteiger partial charge is 0.377 e. The normalized spacial score (nSPS) is 17.6. The van der Waals surface area contributed by atoms with Gasteiger partial charge in [-0.3, -0.25) is 9.52 Å². The number of benzene rings is 2. The van der Waals surface area contributed by atoms with Crippen LogP contribution in [0, 0.1) is 5.82 Å². The van der Waals surface area contributed by atoms with Crippen LogP contribution in [-0.4, -0.2) is 45.0 Å². The monoisotopic (exact) mass is 392 g/mol. The van der Waals surface area contributed by atoms with E-state index in [9.17, 15) is 17.6 Å². The quantitative estimate of drug-likeness (QED) is 0.849. The van der Waals surface area contributed by atoms with E-state index in [-0.39, 0.29) is 17.7 Å². The van der Waals surface area contributed by atoms with Gasteiger partial charge in [-0.1, -0.05) is 18.2 Å². The van der Waals surface area contributed by atoms with Gasteiger partial charge in [-0.15, -0.1) is 0 Å². The second-order valence-corrected chi connectivity index (χ2v) is 8.21. The summed E-state index contributed by atoms with van der Waals surface area (Å²) in [5.41, 5.74) is 1.19. The van der Waals surface area contributed by atoms with Gasteiger partial charge in [0.1, 0.15) is 5.82 Å². The Morgan fingerprint density at radius 1 is 1.26 bits per heavy atom. The standard InChI is InChI=1S/C19H21FN2O4S/c1-14-12-26-10-9-22(14)19(23)16-3-2-4-18(11-16)21-27(24,25)13-15-5-7-17(20)8-6-15/h2-8,11,14,21H,9-10,12-13H2,1H3/t14-/m0/s1. The van der Waals surface area contributed by atoms with Gasteiger partial charge >= 0.3 is 0 Å². The molecule has 0 aliphatic carbocycles. The first-order valence-corrected chi connectivity index (χ1v) is 10.2. The van der Waals surface area contributed by atoms with Gasteiger partial charge in [0.05, 0.1) is 25.0 Å². The van der Waals surface area contributed by atoms with Crippen LogP contribution in [0.1, 0.15) is 22.8 Å². The minimum atomic E-state index is -3.70. The molecule has 1 fully saturated rings. The summed E-state index contributed by atoms with van der Waals surface area (Å²) in [7, 11) is -3.70. The summed E-state index contributed by atoms with van der Waals surface area (Å²) in [6.45, 7) is 3.38. The number of rotatable bonds is 5. The van der Waals surface area contributed by atoms with Crippen molar-refractivity contribution < 1.29 is 22.3 Å². The number of ether oxygens (including phenoxy) is 1. The molecule has 1 amide bonds. The van der Waals surface area contributed by atoms with Crippen LogP contribution in [0.15, 0.2) is 48.5 Å². The minimum absolute atomic E-state index is 0.0370. The van der Waals surface area contributed by atoms with Crippen molar-refractivity contribution in [2.75, 3.05) is 24.5 Å². The molecule has 0 radical (unpaired) electrons. The molecule has 8 heteroatoms. The molecule has 0 saturated carbocycles. The number of carbonyl (C=O) groups excluding carboxylic acids is 1. The van der Waals surface area contributed by atoms with Gasteiger partial charge in [-0.2, -0.15) is 0 Å². The van der Waals surface area contributed by atoms with Crippen LogP contribution in [0.5, 0.6) is 0 Å². The van der Waals surface area contributed by atoms with Crippen molar-refractivity contribution in [2.45, 2.75) is 18.7 Å². The van der Waals surface area contributed by atoms with E-state index in [1.54, 1.807) is 23.1 Å². The van der Waals surface area contributed by atoms with Gasteiger partial charge in [0.25, 0.3) is 5.91 Å². The molecule has 1 N–H and O–H groups in total.